The minimum Gasteiger partial charge on any atom is -0.394 e. The Morgan fingerprint density at radius 2 is 0.792 bits per heavy atom. The number of hydrogen-bond acceptors (Lipinski definition) is 24. The van der Waals surface area contributed by atoms with Crippen molar-refractivity contribution in [3.05, 3.63) is 295 Å². The highest BCUT2D eigenvalue weighted by molar-refractivity contribution is 6.30. The van der Waals surface area contributed by atoms with Crippen LogP contribution in [0.4, 0.5) is 43.9 Å². The highest BCUT2D eigenvalue weighted by atomic mass is 35.5. The summed E-state index contributed by atoms with van der Waals surface area (Å²) < 4.78 is 157. The van der Waals surface area contributed by atoms with E-state index in [0.29, 0.717) is 107 Å². The number of aliphatic hydroxyl groups is 3. The molecule has 0 amide bonds. The first-order valence-electron chi connectivity index (χ1n) is 38.3. The first-order valence-corrected chi connectivity index (χ1v) is 39.4. The first kappa shape index (κ1) is 91.5. The quantitative estimate of drug-likeness (QED) is 0.0174. The van der Waals surface area contributed by atoms with Crippen LogP contribution in [0.3, 0.4) is 0 Å². The lowest BCUT2D eigenvalue weighted by atomic mass is 10.0. The molecule has 5 aromatic carbocycles. The van der Waals surface area contributed by atoms with Gasteiger partial charge in [-0.05, 0) is 73.7 Å². The molecular weight excluding hydrogens is 1780 g/mol. The van der Waals surface area contributed by atoms with Crippen molar-refractivity contribution in [2.45, 2.75) is 39.2 Å². The second kappa shape index (κ2) is 39.3. The van der Waals surface area contributed by atoms with Crippen LogP contribution in [0.1, 0.15) is 91.7 Å². The van der Waals surface area contributed by atoms with E-state index in [1.165, 1.54) is 145 Å². The van der Waals surface area contributed by atoms with Crippen LogP contribution in [0.5, 0.6) is 0 Å². The maximum atomic E-state index is 14.9. The summed E-state index contributed by atoms with van der Waals surface area (Å²) in [6.07, 6.45) is 13.1. The number of Topliss-reactive ketones (excluding diaryl/α,β-unsaturated/α-hetero) is 1. The fraction of sp³-hybridized carbons (Fsp3) is 0.181. The number of oxime groups is 1. The molecule has 5 N–H and O–H groups in total. The number of aliphatic hydroxyl groups excluding tert-OH is 3. The third-order valence-corrected chi connectivity index (χ3v) is 20.5. The molecule has 0 bridgehead atoms. The van der Waals surface area contributed by atoms with Gasteiger partial charge in [0.1, 0.15) is 109 Å². The van der Waals surface area contributed by atoms with Crippen LogP contribution < -0.4 is 5.90 Å². The summed E-state index contributed by atoms with van der Waals surface area (Å²) in [6.45, 7) is 3.26. The number of rotatable bonds is 16. The first-order chi connectivity index (χ1) is 62.4. The van der Waals surface area contributed by atoms with Crippen molar-refractivity contribution < 1.29 is 78.5 Å². The van der Waals surface area contributed by atoms with Gasteiger partial charge in [0.2, 0.25) is 0 Å². The molecule has 15 heterocycles. The van der Waals surface area contributed by atoms with Crippen molar-refractivity contribution in [2.24, 2.45) is 46.3 Å². The lowest BCUT2D eigenvalue weighted by Crippen LogP contribution is -2.10. The Morgan fingerprint density at radius 3 is 1.22 bits per heavy atom. The molecule has 0 saturated heterocycles. The monoisotopic (exact) mass is 1850 g/mol. The molecule has 20 aromatic rings. The molecule has 130 heavy (non-hydrogen) atoms. The molecule has 0 spiro atoms. The summed E-state index contributed by atoms with van der Waals surface area (Å²) >= 11 is 17.3. The molecular formula is C83H68Cl3F10N27O7. The Balaban J connectivity index is 0.000000127. The summed E-state index contributed by atoms with van der Waals surface area (Å²) in [5.74, 6) is -2.48. The van der Waals surface area contributed by atoms with Crippen LogP contribution in [0.2, 0.25) is 15.5 Å². The Labute approximate surface area is 738 Å². The smallest absolute Gasteiger partial charge is 0.179 e. The zero-order valence-electron chi connectivity index (χ0n) is 68.7. The molecule has 34 nitrogen and oxygen atoms in total. The number of nitrogens with zero attached hydrogens (tertiary/aromatic N) is 26. The van der Waals surface area contributed by atoms with Crippen LogP contribution in [0.15, 0.2) is 164 Å². The lowest BCUT2D eigenvalue weighted by Gasteiger charge is -2.13. The van der Waals surface area contributed by atoms with Crippen molar-refractivity contribution in [1.82, 2.24) is 122 Å². The molecule has 0 aliphatic rings. The van der Waals surface area contributed by atoms with E-state index in [9.17, 15) is 58.6 Å². The molecule has 47 heteroatoms. The SMILES string of the molecule is C/C(=N\OCCO)c1ccc2ncc(Cc3c(F)cc4c(cnn4C)c3F)n2n1.CC(=O)c1ccc2ncc(Cc3c(F)cc4c(cnn4C)c3F)n2n1.Cn1ncc2c(F)c(C(O)c3cnc4ccc(Cl)nn34)c(F)cc21.Cn1ncc2c(F)c(Cc3cnc4ccc(Cl)nn34)c(F)cc21.Cn1ncc2c(F)cc(F)cc21.NOCCO.O=Cc1cnc2ccc(Cl)nn12. The topological polar surface area (TPSA) is 392 Å². The molecule has 0 fully saturated rings. The summed E-state index contributed by atoms with van der Waals surface area (Å²) in [4.78, 5) is 51.4. The molecule has 0 aliphatic carbocycles. The van der Waals surface area contributed by atoms with Crippen molar-refractivity contribution in [3.8, 4) is 0 Å². The van der Waals surface area contributed by atoms with Gasteiger partial charge < -0.3 is 25.0 Å². The molecule has 0 radical (unpaired) electrons. The summed E-state index contributed by atoms with van der Waals surface area (Å²) in [5.41, 5.74) is 7.17. The van der Waals surface area contributed by atoms with Crippen LogP contribution >= 0.6 is 34.8 Å². The van der Waals surface area contributed by atoms with E-state index in [1.807, 2.05) is 0 Å². The maximum absolute atomic E-state index is 14.9. The number of benzene rings is 5. The fourth-order valence-corrected chi connectivity index (χ4v) is 13.8. The van der Waals surface area contributed by atoms with Gasteiger partial charge in [0.25, 0.3) is 0 Å². The normalized spacial score (nSPS) is 11.7. The van der Waals surface area contributed by atoms with Crippen molar-refractivity contribution in [3.63, 3.8) is 0 Å². The summed E-state index contributed by atoms with van der Waals surface area (Å²) in [5, 5.41) is 73.4. The van der Waals surface area contributed by atoms with Gasteiger partial charge in [-0.15, -0.1) is 0 Å². The second-order valence-electron chi connectivity index (χ2n) is 28.2. The van der Waals surface area contributed by atoms with E-state index >= 15 is 0 Å². The number of carbonyl (C=O) groups excluding carboxylic acids is 2. The Kier molecular flexibility index (Phi) is 27.7. The number of imidazole rings is 5. The standard InChI is InChI=1S/C19H18F2N6O2.C17H13F2N5O.C15H10ClF2N5O.C15H10ClF2N5.C8H6F2N2.C7H4ClN3O.C2H7NO2/c1-11(25-29-6-5-28)16-3-4-18-22-9-12(27(18)24-16)7-13-15(20)8-17-14(19(13)21)10-23-26(17)2;1-9(25)14-3-4-16-20-7-10(24(16)22-14)5-11-13(18)6-15-12(17(11)19)8-21-23(15)2;1-22-9-4-8(17)13(14(18)7(9)5-20-22)15(24)10-6-19-12-3-2-11(16)21-23(10)12;1-22-12-5-11(17)9(15(18)10(12)7-20-22)4-8-6-19-14-3-2-13(16)21-23(8)14;1-12-8-3-5(9)2-7(10)6(8)4-11-12;8-6-1-2-7-9-3-5(4-12)11(7)10-6;3-5-2-1-4/h3-4,8-10,28H,5-7H2,1-2H3;3-4,6-8H,5H2,1-2H3;2-6,15,24H,1H3;2-3,5-7H,4H2,1H3;2-4H,1H3;1-4H;4H,1-3H2/b25-11+;;;;;;. The third-order valence-electron chi connectivity index (χ3n) is 19.9. The molecule has 1 atom stereocenters. The van der Waals surface area contributed by atoms with Crippen molar-refractivity contribution >= 4 is 135 Å². The van der Waals surface area contributed by atoms with E-state index in [1.54, 1.807) is 96.8 Å². The van der Waals surface area contributed by atoms with Crippen LogP contribution in [0, 0.1) is 58.2 Å². The summed E-state index contributed by atoms with van der Waals surface area (Å²) in [7, 11) is 8.11. The maximum Gasteiger partial charge on any atom is 0.179 e. The van der Waals surface area contributed by atoms with Gasteiger partial charge in [-0.1, -0.05) is 40.0 Å². The van der Waals surface area contributed by atoms with Gasteiger partial charge in [0.15, 0.2) is 40.3 Å². The average Bonchev–Trinajstić information content (AvgIpc) is 1.61. The van der Waals surface area contributed by atoms with Crippen molar-refractivity contribution in [1.29, 1.82) is 0 Å². The Bertz CT molecular complexity index is 7690. The third kappa shape index (κ3) is 19.1. The van der Waals surface area contributed by atoms with Crippen LogP contribution in [-0.2, 0) is 64.2 Å². The minimum absolute atomic E-state index is 0.00347. The zero-order chi connectivity index (χ0) is 92.8. The Hall–Kier alpha value is -14.7. The number of carbonyl (C=O) groups is 2. The Morgan fingerprint density at radius 1 is 0.431 bits per heavy atom. The van der Waals surface area contributed by atoms with Crippen LogP contribution in [-0.4, -0.2) is 181 Å². The largest absolute Gasteiger partial charge is 0.394 e. The highest BCUT2D eigenvalue weighted by Crippen LogP contribution is 2.34. The number of aryl methyl sites for hydroxylation is 5. The van der Waals surface area contributed by atoms with Gasteiger partial charge in [0, 0.05) is 108 Å². The van der Waals surface area contributed by atoms with Gasteiger partial charge in [0.05, 0.1) is 165 Å². The van der Waals surface area contributed by atoms with E-state index in [2.05, 4.69) is 91.8 Å². The second-order valence-corrected chi connectivity index (χ2v) is 29.4. The molecule has 20 rings (SSSR count). The molecule has 668 valence electrons. The number of halogens is 13. The van der Waals surface area contributed by atoms with Crippen LogP contribution in [0.25, 0.3) is 82.8 Å². The van der Waals surface area contributed by atoms with E-state index in [4.69, 9.17) is 49.9 Å². The van der Waals surface area contributed by atoms with Gasteiger partial charge in [-0.3, -0.25) is 33.0 Å². The molecule has 1 unspecified atom stereocenters. The zero-order valence-corrected chi connectivity index (χ0v) is 71.0. The molecule has 0 saturated carbocycles. The number of aromatic nitrogens is 25. The average molecular weight is 1850 g/mol. The molecule has 15 aromatic heterocycles. The lowest BCUT2D eigenvalue weighted by molar-refractivity contribution is 0.0938. The minimum atomic E-state index is -1.60. The predicted octanol–water partition coefficient (Wildman–Crippen LogP) is 12.6. The van der Waals surface area contributed by atoms with Gasteiger partial charge in [-0.25, -0.2) is 97.3 Å². The number of ketones is 1. The van der Waals surface area contributed by atoms with Gasteiger partial charge >= 0.3 is 0 Å². The number of fused-ring (bicyclic) bond motifs is 10. The predicted molar refractivity (Wildman–Crippen MR) is 453 cm³/mol. The number of aldehydes is 1. The number of nitrogens with two attached hydrogens (primary N) is 1. The van der Waals surface area contributed by atoms with E-state index in [-0.39, 0.29) is 111 Å². The van der Waals surface area contributed by atoms with Crippen molar-refractivity contribution in [2.75, 3.05) is 26.4 Å². The highest BCUT2D eigenvalue weighted by Gasteiger charge is 2.28. The van der Waals surface area contributed by atoms with E-state index < -0.39 is 69.8 Å². The fourth-order valence-electron chi connectivity index (χ4n) is 13.4. The molecule has 0 aliphatic heterocycles. The van der Waals surface area contributed by atoms with E-state index in [0.717, 1.165) is 12.1 Å². The summed E-state index contributed by atoms with van der Waals surface area (Å²) in [6, 6.07) is 23.5. The van der Waals surface area contributed by atoms with Gasteiger partial charge in [-0.2, -0.15) is 51.0 Å². The number of hydrogen-bond donors (Lipinski definition) is 4.